The van der Waals surface area contributed by atoms with Gasteiger partial charge in [-0.2, -0.15) is 0 Å². The van der Waals surface area contributed by atoms with Crippen LogP contribution in [0.15, 0.2) is 4.99 Å². The molecule has 24 heavy (non-hydrogen) atoms. The summed E-state index contributed by atoms with van der Waals surface area (Å²) < 4.78 is 5.56. The maximum absolute atomic E-state index is 5.56. The van der Waals surface area contributed by atoms with E-state index in [4.69, 9.17) is 4.74 Å². The summed E-state index contributed by atoms with van der Waals surface area (Å²) in [7, 11) is 1.90. The maximum atomic E-state index is 5.56. The summed E-state index contributed by atoms with van der Waals surface area (Å²) in [6.45, 7) is 10.9. The van der Waals surface area contributed by atoms with Crippen LogP contribution in [0.3, 0.4) is 0 Å². The van der Waals surface area contributed by atoms with Gasteiger partial charge in [-0.15, -0.1) is 0 Å². The quantitative estimate of drug-likeness (QED) is 0.398. The number of hydrogen-bond donors (Lipinski definition) is 1. The number of likely N-dealkylation sites (tertiary alicyclic amines) is 2. The zero-order chi connectivity index (χ0) is 17.0. The van der Waals surface area contributed by atoms with Crippen molar-refractivity contribution in [1.82, 2.24) is 15.1 Å². The average Bonchev–Trinajstić information content (AvgIpc) is 3.09. The zero-order valence-corrected chi connectivity index (χ0v) is 15.9. The minimum atomic E-state index is 0.660. The van der Waals surface area contributed by atoms with Gasteiger partial charge in [0.05, 0.1) is 6.61 Å². The molecular weight excluding hydrogens is 300 g/mol. The van der Waals surface area contributed by atoms with E-state index in [0.29, 0.717) is 5.92 Å². The van der Waals surface area contributed by atoms with E-state index in [-0.39, 0.29) is 0 Å². The Labute approximate surface area is 148 Å². The third-order valence-electron chi connectivity index (χ3n) is 5.24. The lowest BCUT2D eigenvalue weighted by Crippen LogP contribution is -2.40. The molecule has 1 unspecified atom stereocenters. The molecule has 5 heteroatoms. The summed E-state index contributed by atoms with van der Waals surface area (Å²) in [5.41, 5.74) is 0. The number of piperidine rings is 1. The fourth-order valence-corrected chi connectivity index (χ4v) is 3.80. The van der Waals surface area contributed by atoms with Crippen molar-refractivity contribution >= 4 is 5.96 Å². The van der Waals surface area contributed by atoms with Crippen molar-refractivity contribution in [3.63, 3.8) is 0 Å². The number of nitrogens with one attached hydrogen (secondary N) is 1. The van der Waals surface area contributed by atoms with Crippen LogP contribution in [0.5, 0.6) is 0 Å². The molecule has 2 saturated heterocycles. The lowest BCUT2D eigenvalue weighted by molar-refractivity contribution is 0.114. The Balaban J connectivity index is 1.52. The van der Waals surface area contributed by atoms with Gasteiger partial charge in [-0.05, 0) is 58.7 Å². The molecule has 0 saturated carbocycles. The van der Waals surface area contributed by atoms with Crippen molar-refractivity contribution in [2.24, 2.45) is 10.9 Å². The molecule has 0 aliphatic carbocycles. The van der Waals surface area contributed by atoms with E-state index in [1.54, 1.807) is 0 Å². The first kappa shape index (κ1) is 19.5. The SMILES string of the molecule is CCOCC1CCN(C(=NC)NCCCCCN2CCCCC2)C1. The molecule has 2 aliphatic rings. The molecule has 2 rings (SSSR count). The normalized spacial score (nSPS) is 23.0. The molecule has 0 radical (unpaired) electrons. The molecule has 5 nitrogen and oxygen atoms in total. The van der Waals surface area contributed by atoms with Gasteiger partial charge in [-0.25, -0.2) is 0 Å². The first-order chi connectivity index (χ1) is 11.8. The second-order valence-electron chi connectivity index (χ2n) is 7.20. The van der Waals surface area contributed by atoms with Crippen LogP contribution in [0.2, 0.25) is 0 Å². The second kappa shape index (κ2) is 11.7. The Hall–Kier alpha value is -0.810. The molecule has 0 aromatic rings. The Morgan fingerprint density at radius 3 is 2.71 bits per heavy atom. The van der Waals surface area contributed by atoms with Crippen LogP contribution in [0, 0.1) is 5.92 Å². The van der Waals surface area contributed by atoms with Crippen molar-refractivity contribution < 1.29 is 4.74 Å². The average molecular weight is 339 g/mol. The number of guanidine groups is 1. The van der Waals surface area contributed by atoms with Crippen LogP contribution in [-0.2, 0) is 4.74 Å². The molecule has 1 N–H and O–H groups in total. The molecule has 2 heterocycles. The largest absolute Gasteiger partial charge is 0.381 e. The number of aliphatic imine (C=N–C) groups is 1. The highest BCUT2D eigenvalue weighted by Gasteiger charge is 2.24. The molecule has 1 atom stereocenters. The van der Waals surface area contributed by atoms with Crippen LogP contribution < -0.4 is 5.32 Å². The molecule has 140 valence electrons. The van der Waals surface area contributed by atoms with Crippen LogP contribution in [0.25, 0.3) is 0 Å². The molecule has 0 aromatic heterocycles. The van der Waals surface area contributed by atoms with Crippen molar-refractivity contribution in [3.05, 3.63) is 0 Å². The second-order valence-corrected chi connectivity index (χ2v) is 7.20. The highest BCUT2D eigenvalue weighted by Crippen LogP contribution is 2.16. The topological polar surface area (TPSA) is 40.1 Å². The van der Waals surface area contributed by atoms with E-state index in [1.165, 1.54) is 64.6 Å². The predicted molar refractivity (Wildman–Crippen MR) is 102 cm³/mol. The number of hydrogen-bond acceptors (Lipinski definition) is 3. The van der Waals surface area contributed by atoms with Gasteiger partial charge in [-0.3, -0.25) is 4.99 Å². The zero-order valence-electron chi connectivity index (χ0n) is 15.9. The highest BCUT2D eigenvalue weighted by molar-refractivity contribution is 5.80. The van der Waals surface area contributed by atoms with E-state index < -0.39 is 0 Å². The number of unbranched alkanes of at least 4 members (excludes halogenated alkanes) is 2. The molecule has 0 spiro atoms. The third-order valence-corrected chi connectivity index (χ3v) is 5.24. The van der Waals surface area contributed by atoms with E-state index in [2.05, 4.69) is 27.0 Å². The monoisotopic (exact) mass is 338 g/mol. The number of ether oxygens (including phenoxy) is 1. The number of nitrogens with zero attached hydrogens (tertiary/aromatic N) is 3. The summed E-state index contributed by atoms with van der Waals surface area (Å²) in [6, 6.07) is 0. The molecule has 2 fully saturated rings. The van der Waals surface area contributed by atoms with Gasteiger partial charge >= 0.3 is 0 Å². The lowest BCUT2D eigenvalue weighted by atomic mass is 10.1. The summed E-state index contributed by atoms with van der Waals surface area (Å²) >= 11 is 0. The van der Waals surface area contributed by atoms with E-state index in [1.807, 2.05) is 7.05 Å². The van der Waals surface area contributed by atoms with Gasteiger partial charge in [0.15, 0.2) is 5.96 Å². The Morgan fingerprint density at radius 2 is 1.96 bits per heavy atom. The van der Waals surface area contributed by atoms with Crippen LogP contribution >= 0.6 is 0 Å². The van der Waals surface area contributed by atoms with Gasteiger partial charge in [-0.1, -0.05) is 12.8 Å². The predicted octanol–water partition coefficient (Wildman–Crippen LogP) is 2.58. The minimum absolute atomic E-state index is 0.660. The Morgan fingerprint density at radius 1 is 1.12 bits per heavy atom. The highest BCUT2D eigenvalue weighted by atomic mass is 16.5. The molecule has 0 aromatic carbocycles. The van der Waals surface area contributed by atoms with Gasteiger partial charge in [0.2, 0.25) is 0 Å². The smallest absolute Gasteiger partial charge is 0.193 e. The van der Waals surface area contributed by atoms with E-state index in [9.17, 15) is 0 Å². The van der Waals surface area contributed by atoms with Crippen molar-refractivity contribution in [2.45, 2.75) is 51.9 Å². The van der Waals surface area contributed by atoms with Gasteiger partial charge in [0.1, 0.15) is 0 Å². The third kappa shape index (κ3) is 6.98. The standard InChI is InChI=1S/C19H38N4O/c1-3-24-17-18-10-15-23(16-18)19(20-2)21-11-6-4-7-12-22-13-8-5-9-14-22/h18H,3-17H2,1-2H3,(H,20,21). The van der Waals surface area contributed by atoms with Crippen molar-refractivity contribution in [2.75, 3.05) is 59.5 Å². The van der Waals surface area contributed by atoms with E-state index in [0.717, 1.165) is 38.8 Å². The van der Waals surface area contributed by atoms with Crippen molar-refractivity contribution in [1.29, 1.82) is 0 Å². The molecule has 0 bridgehead atoms. The summed E-state index contributed by atoms with van der Waals surface area (Å²) in [5.74, 6) is 1.73. The summed E-state index contributed by atoms with van der Waals surface area (Å²) in [5, 5.41) is 3.55. The molecular formula is C19H38N4O. The Kier molecular flexibility index (Phi) is 9.51. The fraction of sp³-hybridized carbons (Fsp3) is 0.947. The van der Waals surface area contributed by atoms with Gasteiger partial charge < -0.3 is 19.9 Å². The Bertz CT molecular complexity index is 355. The fourth-order valence-electron chi connectivity index (χ4n) is 3.80. The van der Waals surface area contributed by atoms with Crippen LogP contribution in [-0.4, -0.2) is 75.3 Å². The van der Waals surface area contributed by atoms with Gasteiger partial charge in [0.25, 0.3) is 0 Å². The first-order valence-electron chi connectivity index (χ1n) is 10.1. The minimum Gasteiger partial charge on any atom is -0.381 e. The van der Waals surface area contributed by atoms with E-state index >= 15 is 0 Å². The van der Waals surface area contributed by atoms with Gasteiger partial charge in [0, 0.05) is 39.2 Å². The summed E-state index contributed by atoms with van der Waals surface area (Å²) in [4.78, 5) is 9.48. The summed E-state index contributed by atoms with van der Waals surface area (Å²) in [6.07, 6.45) is 9.34. The van der Waals surface area contributed by atoms with Crippen molar-refractivity contribution in [3.8, 4) is 0 Å². The maximum Gasteiger partial charge on any atom is 0.193 e. The molecule has 2 aliphatic heterocycles. The number of rotatable bonds is 9. The van der Waals surface area contributed by atoms with Crippen LogP contribution in [0.1, 0.15) is 51.9 Å². The van der Waals surface area contributed by atoms with Crippen LogP contribution in [0.4, 0.5) is 0 Å². The lowest BCUT2D eigenvalue weighted by Gasteiger charge is -2.26. The first-order valence-corrected chi connectivity index (χ1v) is 10.1. The molecule has 0 amide bonds.